The molecule has 3 rings (SSSR count). The molecule has 0 spiro atoms. The van der Waals surface area contributed by atoms with Crippen molar-refractivity contribution in [1.29, 1.82) is 0 Å². The summed E-state index contributed by atoms with van der Waals surface area (Å²) < 4.78 is 6.71. The largest absolute Gasteiger partial charge is 0.465 e. The number of esters is 1. The molecule has 0 aliphatic rings. The molecule has 8 nitrogen and oxygen atoms in total. The first-order valence-electron chi connectivity index (χ1n) is 9.77. The molecular weight excluding hydrogens is 446 g/mol. The van der Waals surface area contributed by atoms with E-state index in [9.17, 15) is 9.59 Å². The van der Waals surface area contributed by atoms with Crippen LogP contribution >= 0.6 is 23.1 Å². The predicted molar refractivity (Wildman–Crippen MR) is 130 cm³/mol. The SMILES string of the molecule is C=CCn1c(SCC(=O)Nc2sc(C)cc2C(=O)OC)nnc1-c1ccc(N(C)C)cc1. The third-order valence-electron chi connectivity index (χ3n) is 4.52. The zero-order valence-corrected chi connectivity index (χ0v) is 20.0. The first-order valence-corrected chi connectivity index (χ1v) is 11.6. The number of nitrogens with one attached hydrogen (secondary N) is 1. The minimum Gasteiger partial charge on any atom is -0.465 e. The molecule has 0 atom stereocenters. The number of hydrogen-bond acceptors (Lipinski definition) is 8. The first kappa shape index (κ1) is 23.6. The number of aryl methyl sites for hydroxylation is 1. The molecule has 0 fully saturated rings. The van der Waals surface area contributed by atoms with E-state index in [2.05, 4.69) is 22.1 Å². The van der Waals surface area contributed by atoms with Gasteiger partial charge in [-0.25, -0.2) is 4.79 Å². The van der Waals surface area contributed by atoms with E-state index in [4.69, 9.17) is 4.74 Å². The zero-order valence-electron chi connectivity index (χ0n) is 18.4. The Kier molecular flexibility index (Phi) is 7.70. The number of thioether (sulfide) groups is 1. The minimum atomic E-state index is -0.479. The van der Waals surface area contributed by atoms with Crippen molar-refractivity contribution >= 4 is 45.7 Å². The second-order valence-electron chi connectivity index (χ2n) is 7.08. The standard InChI is InChI=1S/C22H25N5O3S2/c1-6-11-27-19(15-7-9-16(10-8-15)26(3)4)24-25-22(27)31-13-18(28)23-20-17(21(29)30-5)12-14(2)32-20/h6-10,12H,1,11,13H2,2-5H3,(H,23,28). The van der Waals surface area contributed by atoms with Crippen molar-refractivity contribution in [2.24, 2.45) is 0 Å². The fraction of sp³-hybridized carbons (Fsp3) is 0.273. The molecule has 0 unspecified atom stereocenters. The van der Waals surface area contributed by atoms with Crippen LogP contribution in [0.3, 0.4) is 0 Å². The first-order chi connectivity index (χ1) is 15.3. The van der Waals surface area contributed by atoms with Gasteiger partial charge in [-0.05, 0) is 37.3 Å². The van der Waals surface area contributed by atoms with Crippen LogP contribution in [0.1, 0.15) is 15.2 Å². The summed E-state index contributed by atoms with van der Waals surface area (Å²) in [5, 5.41) is 12.5. The van der Waals surface area contributed by atoms with Crippen molar-refractivity contribution in [1.82, 2.24) is 14.8 Å². The van der Waals surface area contributed by atoms with Gasteiger partial charge in [0.15, 0.2) is 11.0 Å². The summed E-state index contributed by atoms with van der Waals surface area (Å²) in [7, 11) is 5.29. The molecule has 0 radical (unpaired) electrons. The topological polar surface area (TPSA) is 89.3 Å². The highest BCUT2D eigenvalue weighted by atomic mass is 32.2. The number of aromatic nitrogens is 3. The summed E-state index contributed by atoms with van der Waals surface area (Å²) in [6.07, 6.45) is 1.77. The summed E-state index contributed by atoms with van der Waals surface area (Å²) in [5.41, 5.74) is 2.37. The van der Waals surface area contributed by atoms with E-state index in [1.165, 1.54) is 30.2 Å². The van der Waals surface area contributed by atoms with Crippen LogP contribution in [0, 0.1) is 6.92 Å². The zero-order chi connectivity index (χ0) is 23.3. The molecule has 0 bridgehead atoms. The van der Waals surface area contributed by atoms with E-state index in [1.807, 2.05) is 54.8 Å². The lowest BCUT2D eigenvalue weighted by Crippen LogP contribution is -2.16. The number of methoxy groups -OCH3 is 1. The van der Waals surface area contributed by atoms with Crippen molar-refractivity contribution in [3.63, 3.8) is 0 Å². The lowest BCUT2D eigenvalue weighted by atomic mass is 10.2. The minimum absolute atomic E-state index is 0.117. The van der Waals surface area contributed by atoms with Crippen LogP contribution in [0.15, 0.2) is 48.1 Å². The molecule has 1 aromatic carbocycles. The Bertz CT molecular complexity index is 1120. The Morgan fingerprint density at radius 3 is 2.62 bits per heavy atom. The van der Waals surface area contributed by atoms with Gasteiger partial charge >= 0.3 is 5.97 Å². The van der Waals surface area contributed by atoms with Crippen molar-refractivity contribution in [3.05, 3.63) is 53.4 Å². The summed E-state index contributed by atoms with van der Waals surface area (Å²) >= 11 is 2.61. The van der Waals surface area contributed by atoms with Crippen LogP contribution < -0.4 is 10.2 Å². The fourth-order valence-corrected chi connectivity index (χ4v) is 4.64. The van der Waals surface area contributed by atoms with Crippen molar-refractivity contribution < 1.29 is 14.3 Å². The smallest absolute Gasteiger partial charge is 0.340 e. The second-order valence-corrected chi connectivity index (χ2v) is 9.27. The Morgan fingerprint density at radius 1 is 1.28 bits per heavy atom. The molecule has 2 heterocycles. The summed E-state index contributed by atoms with van der Waals surface area (Å²) in [6.45, 7) is 6.20. The van der Waals surface area contributed by atoms with Gasteiger partial charge in [0.2, 0.25) is 5.91 Å². The molecule has 10 heteroatoms. The van der Waals surface area contributed by atoms with E-state index in [0.717, 1.165) is 16.1 Å². The van der Waals surface area contributed by atoms with Gasteiger partial charge in [-0.2, -0.15) is 0 Å². The highest BCUT2D eigenvalue weighted by Gasteiger charge is 2.19. The lowest BCUT2D eigenvalue weighted by molar-refractivity contribution is -0.113. The van der Waals surface area contributed by atoms with Crippen molar-refractivity contribution in [2.75, 3.05) is 37.2 Å². The molecule has 1 N–H and O–H groups in total. The Hall–Kier alpha value is -3.11. The van der Waals surface area contributed by atoms with Crippen LogP contribution in [0.2, 0.25) is 0 Å². The molecule has 0 saturated carbocycles. The molecule has 3 aromatic rings. The van der Waals surface area contributed by atoms with Gasteiger partial charge in [0.1, 0.15) is 5.00 Å². The molecular formula is C22H25N5O3S2. The van der Waals surface area contributed by atoms with Crippen LogP contribution in [0.4, 0.5) is 10.7 Å². The molecule has 0 saturated heterocycles. The number of allylic oxidation sites excluding steroid dienone is 1. The molecule has 2 aromatic heterocycles. The van der Waals surface area contributed by atoms with Gasteiger partial charge in [-0.1, -0.05) is 17.8 Å². The van der Waals surface area contributed by atoms with Gasteiger partial charge < -0.3 is 15.0 Å². The van der Waals surface area contributed by atoms with Gasteiger partial charge in [-0.15, -0.1) is 28.1 Å². The van der Waals surface area contributed by atoms with Crippen LogP contribution in [0.25, 0.3) is 11.4 Å². The third kappa shape index (κ3) is 5.38. The summed E-state index contributed by atoms with van der Waals surface area (Å²) in [6, 6.07) is 9.73. The predicted octanol–water partition coefficient (Wildman–Crippen LogP) is 4.08. The van der Waals surface area contributed by atoms with E-state index < -0.39 is 5.97 Å². The highest BCUT2D eigenvalue weighted by molar-refractivity contribution is 7.99. The van der Waals surface area contributed by atoms with Crippen LogP contribution in [-0.2, 0) is 16.1 Å². The Morgan fingerprint density at radius 2 is 2.00 bits per heavy atom. The molecule has 0 aliphatic carbocycles. The Balaban J connectivity index is 1.73. The molecule has 1 amide bonds. The van der Waals surface area contributed by atoms with Crippen LogP contribution in [-0.4, -0.2) is 53.6 Å². The molecule has 168 valence electrons. The second kappa shape index (κ2) is 10.5. The van der Waals surface area contributed by atoms with Gasteiger partial charge in [0, 0.05) is 36.8 Å². The van der Waals surface area contributed by atoms with Crippen LogP contribution in [0.5, 0.6) is 0 Å². The average molecular weight is 472 g/mol. The normalized spacial score (nSPS) is 10.6. The number of ether oxygens (including phenoxy) is 1. The van der Waals surface area contributed by atoms with Crippen molar-refractivity contribution in [3.8, 4) is 11.4 Å². The van der Waals surface area contributed by atoms with E-state index >= 15 is 0 Å². The Labute approximate surface area is 195 Å². The highest BCUT2D eigenvalue weighted by Crippen LogP contribution is 2.29. The number of hydrogen-bond donors (Lipinski definition) is 1. The number of carbonyl (C=O) groups is 2. The van der Waals surface area contributed by atoms with Crippen molar-refractivity contribution in [2.45, 2.75) is 18.6 Å². The number of amides is 1. The number of anilines is 2. The molecule has 32 heavy (non-hydrogen) atoms. The number of carbonyl (C=O) groups excluding carboxylic acids is 2. The molecule has 0 aliphatic heterocycles. The third-order valence-corrected chi connectivity index (χ3v) is 6.45. The lowest BCUT2D eigenvalue weighted by Gasteiger charge is -2.13. The van der Waals surface area contributed by atoms with E-state index in [1.54, 1.807) is 12.1 Å². The number of thiophene rings is 1. The summed E-state index contributed by atoms with van der Waals surface area (Å²) in [5.74, 6) is 0.104. The number of nitrogens with zero attached hydrogens (tertiary/aromatic N) is 4. The number of rotatable bonds is 9. The monoisotopic (exact) mass is 471 g/mol. The van der Waals surface area contributed by atoms with Gasteiger partial charge in [0.05, 0.1) is 18.4 Å². The summed E-state index contributed by atoms with van der Waals surface area (Å²) in [4.78, 5) is 27.4. The maximum Gasteiger partial charge on any atom is 0.340 e. The van der Waals surface area contributed by atoms with Gasteiger partial charge in [0.25, 0.3) is 0 Å². The van der Waals surface area contributed by atoms with E-state index in [0.29, 0.717) is 28.1 Å². The maximum absolute atomic E-state index is 12.5. The average Bonchev–Trinajstić information content (AvgIpc) is 3.35. The number of benzene rings is 1. The maximum atomic E-state index is 12.5. The fourth-order valence-electron chi connectivity index (χ4n) is 2.97. The van der Waals surface area contributed by atoms with Gasteiger partial charge in [-0.3, -0.25) is 9.36 Å². The quantitative estimate of drug-likeness (QED) is 0.286. The van der Waals surface area contributed by atoms with E-state index in [-0.39, 0.29) is 11.7 Å².